The highest BCUT2D eigenvalue weighted by molar-refractivity contribution is 7.98. The van der Waals surface area contributed by atoms with Crippen molar-refractivity contribution < 1.29 is 9.47 Å². The normalized spacial score (nSPS) is 11.2. The van der Waals surface area contributed by atoms with Crippen LogP contribution >= 0.6 is 35.0 Å². The molecule has 0 N–H and O–H groups in total. The van der Waals surface area contributed by atoms with Gasteiger partial charge in [-0.2, -0.15) is 9.78 Å². The van der Waals surface area contributed by atoms with Crippen molar-refractivity contribution >= 4 is 41.2 Å². The van der Waals surface area contributed by atoms with E-state index in [-0.39, 0.29) is 0 Å². The summed E-state index contributed by atoms with van der Waals surface area (Å²) in [7, 11) is 1.60. The monoisotopic (exact) mass is 512 g/mol. The predicted octanol–water partition coefficient (Wildman–Crippen LogP) is 6.66. The molecule has 0 saturated carbocycles. The zero-order valence-electron chi connectivity index (χ0n) is 18.6. The lowest BCUT2D eigenvalue weighted by Crippen LogP contribution is -2.02. The predicted molar refractivity (Wildman–Crippen MR) is 138 cm³/mol. The van der Waals surface area contributed by atoms with Gasteiger partial charge in [0, 0.05) is 11.3 Å². The molecule has 0 bridgehead atoms. The lowest BCUT2D eigenvalue weighted by atomic mass is 10.2. The lowest BCUT2D eigenvalue weighted by molar-refractivity contribution is 0.284. The Labute approximate surface area is 212 Å². The molecule has 0 spiro atoms. The molecule has 174 valence electrons. The Hall–Kier alpha value is -3.00. The number of ether oxygens (including phenoxy) is 2. The second kappa shape index (κ2) is 11.4. The molecule has 0 aliphatic rings. The molecule has 34 heavy (non-hydrogen) atoms. The summed E-state index contributed by atoms with van der Waals surface area (Å²) in [5, 5.41) is 14.8. The van der Waals surface area contributed by atoms with E-state index in [4.69, 9.17) is 32.7 Å². The number of hydrogen-bond donors (Lipinski definition) is 0. The van der Waals surface area contributed by atoms with Crippen molar-refractivity contribution in [1.82, 2.24) is 14.9 Å². The molecule has 1 heterocycles. The van der Waals surface area contributed by atoms with Gasteiger partial charge in [0.1, 0.15) is 6.61 Å². The summed E-state index contributed by atoms with van der Waals surface area (Å²) in [6, 6.07) is 21.2. The highest BCUT2D eigenvalue weighted by Crippen LogP contribution is 2.32. The van der Waals surface area contributed by atoms with E-state index >= 15 is 0 Å². The average molecular weight is 513 g/mol. The van der Waals surface area contributed by atoms with Gasteiger partial charge in [-0.3, -0.25) is 0 Å². The fourth-order valence-electron chi connectivity index (χ4n) is 3.14. The molecular formula is C25H22Cl2N4O2S. The van der Waals surface area contributed by atoms with Crippen LogP contribution in [0.4, 0.5) is 0 Å². The third-order valence-corrected chi connectivity index (χ3v) is 6.62. The minimum Gasteiger partial charge on any atom is -0.493 e. The van der Waals surface area contributed by atoms with Gasteiger partial charge in [-0.05, 0) is 42.3 Å². The van der Waals surface area contributed by atoms with E-state index in [0.29, 0.717) is 39.1 Å². The van der Waals surface area contributed by atoms with Crippen LogP contribution in [0.25, 0.3) is 0 Å². The molecule has 4 aromatic rings. The molecule has 0 amide bonds. The molecular weight excluding hydrogens is 491 g/mol. The Balaban J connectivity index is 1.55. The summed E-state index contributed by atoms with van der Waals surface area (Å²) < 4.78 is 13.4. The summed E-state index contributed by atoms with van der Waals surface area (Å²) in [4.78, 5) is 0. The number of aromatic nitrogens is 3. The Kier molecular flexibility index (Phi) is 8.11. The molecule has 4 rings (SSSR count). The van der Waals surface area contributed by atoms with Crippen molar-refractivity contribution in [3.05, 3.63) is 99.3 Å². The van der Waals surface area contributed by atoms with Gasteiger partial charge in [-0.1, -0.05) is 77.4 Å². The highest BCUT2D eigenvalue weighted by atomic mass is 35.5. The van der Waals surface area contributed by atoms with Crippen LogP contribution in [0.3, 0.4) is 0 Å². The van der Waals surface area contributed by atoms with Crippen LogP contribution in [0.15, 0.2) is 77.0 Å². The van der Waals surface area contributed by atoms with E-state index in [1.165, 1.54) is 5.56 Å². The number of aryl methyl sites for hydroxylation is 1. The second-order valence-corrected chi connectivity index (χ2v) is 9.03. The first-order chi connectivity index (χ1) is 16.5. The zero-order chi connectivity index (χ0) is 23.9. The van der Waals surface area contributed by atoms with Gasteiger partial charge in [0.15, 0.2) is 17.3 Å². The number of nitrogens with zero attached hydrogens (tertiary/aromatic N) is 4. The maximum Gasteiger partial charge on any atom is 0.212 e. The molecule has 0 aliphatic carbocycles. The molecule has 3 aromatic carbocycles. The Morgan fingerprint density at radius 1 is 0.971 bits per heavy atom. The van der Waals surface area contributed by atoms with Crippen LogP contribution in [0.1, 0.15) is 22.5 Å². The molecule has 0 fully saturated rings. The maximum absolute atomic E-state index is 6.14. The number of halogens is 2. The smallest absolute Gasteiger partial charge is 0.212 e. The fourth-order valence-corrected chi connectivity index (χ4v) is 4.35. The molecule has 0 aliphatic heterocycles. The van der Waals surface area contributed by atoms with Crippen molar-refractivity contribution in [3.8, 4) is 11.5 Å². The van der Waals surface area contributed by atoms with E-state index < -0.39 is 0 Å². The summed E-state index contributed by atoms with van der Waals surface area (Å²) in [5.41, 5.74) is 2.85. The first-order valence-corrected chi connectivity index (χ1v) is 12.2. The summed E-state index contributed by atoms with van der Waals surface area (Å²) in [6.07, 6.45) is 1.72. The van der Waals surface area contributed by atoms with Gasteiger partial charge in [0.05, 0.1) is 23.4 Å². The molecule has 0 radical (unpaired) electrons. The van der Waals surface area contributed by atoms with Crippen LogP contribution in [-0.2, 0) is 12.4 Å². The Bertz CT molecular complexity index is 1300. The van der Waals surface area contributed by atoms with Crippen molar-refractivity contribution in [1.29, 1.82) is 0 Å². The molecule has 0 atom stereocenters. The van der Waals surface area contributed by atoms with Crippen LogP contribution in [0.2, 0.25) is 10.0 Å². The zero-order valence-corrected chi connectivity index (χ0v) is 20.9. The van der Waals surface area contributed by atoms with Gasteiger partial charge in [-0.25, -0.2) is 0 Å². The molecule has 6 nitrogen and oxygen atoms in total. The van der Waals surface area contributed by atoms with Crippen LogP contribution in [0.5, 0.6) is 11.5 Å². The summed E-state index contributed by atoms with van der Waals surface area (Å²) in [5.74, 6) is 2.63. The molecule has 9 heteroatoms. The van der Waals surface area contributed by atoms with Crippen LogP contribution < -0.4 is 9.47 Å². The summed E-state index contributed by atoms with van der Waals surface area (Å²) in [6.45, 7) is 2.16. The third-order valence-electron chi connectivity index (χ3n) is 4.89. The quantitative estimate of drug-likeness (QED) is 0.185. The van der Waals surface area contributed by atoms with Crippen LogP contribution in [0, 0.1) is 6.92 Å². The van der Waals surface area contributed by atoms with Gasteiger partial charge >= 0.3 is 0 Å². The van der Waals surface area contributed by atoms with Gasteiger partial charge in [-0.15, -0.1) is 10.2 Å². The topological polar surface area (TPSA) is 61.5 Å². The molecule has 1 aromatic heterocycles. The van der Waals surface area contributed by atoms with E-state index in [9.17, 15) is 0 Å². The van der Waals surface area contributed by atoms with Crippen molar-refractivity contribution in [2.24, 2.45) is 5.10 Å². The van der Waals surface area contributed by atoms with E-state index in [2.05, 4.69) is 27.4 Å². The minimum absolute atomic E-state index is 0.294. The molecule has 0 unspecified atom stereocenters. The number of methoxy groups -OCH3 is 1. The van der Waals surface area contributed by atoms with Crippen LogP contribution in [-0.4, -0.2) is 28.2 Å². The van der Waals surface area contributed by atoms with Gasteiger partial charge < -0.3 is 9.47 Å². The van der Waals surface area contributed by atoms with Crippen molar-refractivity contribution in [3.63, 3.8) is 0 Å². The maximum atomic E-state index is 6.14. The second-order valence-electron chi connectivity index (χ2n) is 7.28. The number of benzene rings is 3. The van der Waals surface area contributed by atoms with E-state index in [1.54, 1.807) is 41.9 Å². The SMILES string of the molecule is COc1cccc(/C=N/n2c(C)nnc2SCc2ccccc2)c1OCc1ccc(Cl)c(Cl)c1. The molecule has 0 saturated heterocycles. The first-order valence-electron chi connectivity index (χ1n) is 10.4. The largest absolute Gasteiger partial charge is 0.493 e. The average Bonchev–Trinajstić information content (AvgIpc) is 3.21. The number of rotatable bonds is 9. The highest BCUT2D eigenvalue weighted by Gasteiger charge is 2.12. The Morgan fingerprint density at radius 3 is 2.56 bits per heavy atom. The Morgan fingerprint density at radius 2 is 1.79 bits per heavy atom. The lowest BCUT2D eigenvalue weighted by Gasteiger charge is -2.13. The van der Waals surface area contributed by atoms with Gasteiger partial charge in [0.2, 0.25) is 5.16 Å². The first kappa shape index (κ1) is 24.1. The van der Waals surface area contributed by atoms with Crippen molar-refractivity contribution in [2.75, 3.05) is 7.11 Å². The van der Waals surface area contributed by atoms with E-state index in [1.807, 2.05) is 49.4 Å². The number of para-hydroxylation sites is 1. The number of thioether (sulfide) groups is 1. The minimum atomic E-state index is 0.294. The summed E-state index contributed by atoms with van der Waals surface area (Å²) >= 11 is 13.7. The number of hydrogen-bond acceptors (Lipinski definition) is 6. The van der Waals surface area contributed by atoms with Gasteiger partial charge in [0.25, 0.3) is 0 Å². The van der Waals surface area contributed by atoms with Crippen molar-refractivity contribution in [2.45, 2.75) is 24.4 Å². The third kappa shape index (κ3) is 5.91. The fraction of sp³-hybridized carbons (Fsp3) is 0.160. The van der Waals surface area contributed by atoms with E-state index in [0.717, 1.165) is 16.9 Å². The standard InChI is InChI=1S/C25H22Cl2N4O2S/c1-17-29-30-25(34-16-18-7-4-3-5-8-18)31(17)28-14-20-9-6-10-23(32-2)24(20)33-15-19-11-12-21(26)22(27)13-19/h3-14H,15-16H2,1-2H3/b28-14+.